The van der Waals surface area contributed by atoms with Crippen molar-refractivity contribution in [2.45, 2.75) is 38.5 Å². The second-order valence-electron chi connectivity index (χ2n) is 7.69. The number of Topliss-reactive ketones (excluding diaryl/α,β-unsaturated/α-hetero) is 1. The highest BCUT2D eigenvalue weighted by Crippen LogP contribution is 2.30. The Labute approximate surface area is 174 Å². The molecule has 1 amide bonds. The normalized spacial score (nSPS) is 15.3. The summed E-state index contributed by atoms with van der Waals surface area (Å²) in [5.74, 6) is -6.31. The summed E-state index contributed by atoms with van der Waals surface area (Å²) >= 11 is 0. The maximum absolute atomic E-state index is 14.2. The summed E-state index contributed by atoms with van der Waals surface area (Å²) in [4.78, 5) is 34.0. The van der Waals surface area contributed by atoms with Gasteiger partial charge < -0.3 is 9.64 Å². The first kappa shape index (κ1) is 21.8. The minimum atomic E-state index is -3.98. The molecule has 0 atom stereocenters. The van der Waals surface area contributed by atoms with Crippen LogP contribution in [0.4, 0.5) is 8.78 Å². The van der Waals surface area contributed by atoms with E-state index in [4.69, 9.17) is 4.74 Å². The van der Waals surface area contributed by atoms with Crippen molar-refractivity contribution in [3.05, 3.63) is 42.4 Å². The van der Waals surface area contributed by atoms with E-state index in [1.165, 1.54) is 13.8 Å². The Bertz CT molecular complexity index is 908. The first-order valence-electron chi connectivity index (χ1n) is 9.93. The molecule has 1 aliphatic rings. The fourth-order valence-electron chi connectivity index (χ4n) is 3.50. The number of aromatic nitrogens is 2. The van der Waals surface area contributed by atoms with E-state index in [2.05, 4.69) is 9.97 Å². The van der Waals surface area contributed by atoms with E-state index >= 15 is 0 Å². The summed E-state index contributed by atoms with van der Waals surface area (Å²) in [6.45, 7) is 3.01. The fraction of sp³-hybridized carbons (Fsp3) is 0.455. The Balaban J connectivity index is 1.68. The SMILES string of the molecule is COc1ccc(-c2ccnc(C3CCN(C(=O)C(F)(F)C(=O)C(C)C)CC3)n2)cc1. The van der Waals surface area contributed by atoms with E-state index in [-0.39, 0.29) is 19.0 Å². The van der Waals surface area contributed by atoms with E-state index in [1.54, 1.807) is 13.3 Å². The van der Waals surface area contributed by atoms with E-state index in [9.17, 15) is 18.4 Å². The van der Waals surface area contributed by atoms with Crippen molar-refractivity contribution < 1.29 is 23.1 Å². The van der Waals surface area contributed by atoms with Crippen molar-refractivity contribution >= 4 is 11.7 Å². The van der Waals surface area contributed by atoms with Crippen molar-refractivity contribution in [3.63, 3.8) is 0 Å². The van der Waals surface area contributed by atoms with Crippen LogP contribution in [0.3, 0.4) is 0 Å². The molecular weight excluding hydrogens is 392 g/mol. The van der Waals surface area contributed by atoms with Gasteiger partial charge in [0.15, 0.2) is 0 Å². The Kier molecular flexibility index (Phi) is 6.43. The lowest BCUT2D eigenvalue weighted by atomic mass is 9.94. The molecule has 1 aromatic heterocycles. The number of halogens is 2. The van der Waals surface area contributed by atoms with E-state index < -0.39 is 23.5 Å². The molecule has 3 rings (SSSR count). The molecule has 8 heteroatoms. The van der Waals surface area contributed by atoms with Gasteiger partial charge in [-0.2, -0.15) is 8.78 Å². The first-order valence-corrected chi connectivity index (χ1v) is 9.93. The summed E-state index contributed by atoms with van der Waals surface area (Å²) in [7, 11) is 1.60. The van der Waals surface area contributed by atoms with Crippen LogP contribution in [0, 0.1) is 5.92 Å². The molecule has 0 saturated carbocycles. The van der Waals surface area contributed by atoms with Crippen LogP contribution < -0.4 is 4.74 Å². The minimum absolute atomic E-state index is 0.0401. The first-order chi connectivity index (χ1) is 14.2. The Morgan fingerprint density at radius 3 is 2.33 bits per heavy atom. The Hall–Kier alpha value is -2.90. The molecule has 0 spiro atoms. The third-order valence-corrected chi connectivity index (χ3v) is 5.31. The van der Waals surface area contributed by atoms with Crippen LogP contribution >= 0.6 is 0 Å². The summed E-state index contributed by atoms with van der Waals surface area (Å²) in [5, 5.41) is 0. The molecule has 160 valence electrons. The molecule has 2 aromatic rings. The van der Waals surface area contributed by atoms with Gasteiger partial charge in [-0.25, -0.2) is 9.97 Å². The fourth-order valence-corrected chi connectivity index (χ4v) is 3.50. The quantitative estimate of drug-likeness (QED) is 0.670. The number of ether oxygens (including phenoxy) is 1. The number of hydrogen-bond donors (Lipinski definition) is 0. The lowest BCUT2D eigenvalue weighted by Crippen LogP contribution is -2.51. The number of alkyl halides is 2. The van der Waals surface area contributed by atoms with Crippen LogP contribution in [-0.4, -0.2) is 52.7 Å². The number of benzene rings is 1. The average Bonchev–Trinajstić information content (AvgIpc) is 2.78. The molecule has 1 fully saturated rings. The van der Waals surface area contributed by atoms with Gasteiger partial charge >= 0.3 is 11.8 Å². The van der Waals surface area contributed by atoms with Gasteiger partial charge in [-0.1, -0.05) is 13.8 Å². The number of methoxy groups -OCH3 is 1. The van der Waals surface area contributed by atoms with Crippen molar-refractivity contribution in [3.8, 4) is 17.0 Å². The lowest BCUT2D eigenvalue weighted by molar-refractivity contribution is -0.168. The molecule has 2 heterocycles. The maximum Gasteiger partial charge on any atom is 0.381 e. The van der Waals surface area contributed by atoms with Gasteiger partial charge in [0, 0.05) is 36.7 Å². The highest BCUT2D eigenvalue weighted by molar-refractivity contribution is 6.08. The Morgan fingerprint density at radius 2 is 1.77 bits per heavy atom. The summed E-state index contributed by atoms with van der Waals surface area (Å²) < 4.78 is 33.5. The predicted molar refractivity (Wildman–Crippen MR) is 107 cm³/mol. The van der Waals surface area contributed by atoms with Crippen LogP contribution in [0.1, 0.15) is 38.4 Å². The third kappa shape index (κ3) is 4.47. The average molecular weight is 417 g/mol. The molecule has 0 radical (unpaired) electrons. The molecule has 1 saturated heterocycles. The largest absolute Gasteiger partial charge is 0.497 e. The molecule has 0 N–H and O–H groups in total. The molecule has 30 heavy (non-hydrogen) atoms. The number of rotatable bonds is 6. The summed E-state index contributed by atoms with van der Waals surface area (Å²) in [5.41, 5.74) is 1.68. The molecule has 0 aliphatic carbocycles. The second-order valence-corrected chi connectivity index (χ2v) is 7.69. The van der Waals surface area contributed by atoms with Gasteiger partial charge in [0.05, 0.1) is 12.8 Å². The second kappa shape index (κ2) is 8.85. The van der Waals surface area contributed by atoms with E-state index in [1.807, 2.05) is 30.3 Å². The van der Waals surface area contributed by atoms with Gasteiger partial charge in [-0.15, -0.1) is 0 Å². The van der Waals surface area contributed by atoms with Crippen molar-refractivity contribution in [2.24, 2.45) is 5.92 Å². The molecule has 1 aliphatic heterocycles. The van der Waals surface area contributed by atoms with Crippen LogP contribution in [0.25, 0.3) is 11.3 Å². The molecular formula is C22H25F2N3O3. The number of nitrogens with zero attached hydrogens (tertiary/aromatic N) is 3. The van der Waals surface area contributed by atoms with Crippen LogP contribution in [-0.2, 0) is 9.59 Å². The van der Waals surface area contributed by atoms with E-state index in [0.717, 1.165) is 21.9 Å². The molecule has 6 nitrogen and oxygen atoms in total. The third-order valence-electron chi connectivity index (χ3n) is 5.31. The number of ketones is 1. The van der Waals surface area contributed by atoms with Crippen molar-refractivity contribution in [1.82, 2.24) is 14.9 Å². The highest BCUT2D eigenvalue weighted by Gasteiger charge is 2.50. The van der Waals surface area contributed by atoms with Gasteiger partial charge in [0.25, 0.3) is 0 Å². The monoisotopic (exact) mass is 417 g/mol. The number of carbonyl (C=O) groups is 2. The highest BCUT2D eigenvalue weighted by atomic mass is 19.3. The van der Waals surface area contributed by atoms with Gasteiger partial charge in [0.2, 0.25) is 5.78 Å². The number of piperidine rings is 1. The summed E-state index contributed by atoms with van der Waals surface area (Å²) in [6.07, 6.45) is 2.60. The number of amides is 1. The van der Waals surface area contributed by atoms with Crippen molar-refractivity contribution in [2.75, 3.05) is 20.2 Å². The van der Waals surface area contributed by atoms with Gasteiger partial charge in [-0.3, -0.25) is 9.59 Å². The van der Waals surface area contributed by atoms with Crippen molar-refractivity contribution in [1.29, 1.82) is 0 Å². The maximum atomic E-state index is 14.2. The minimum Gasteiger partial charge on any atom is -0.497 e. The molecule has 0 unspecified atom stereocenters. The zero-order chi connectivity index (χ0) is 21.9. The molecule has 0 bridgehead atoms. The van der Waals surface area contributed by atoms with Gasteiger partial charge in [0.1, 0.15) is 11.6 Å². The summed E-state index contributed by atoms with van der Waals surface area (Å²) in [6, 6.07) is 9.31. The molecule has 1 aromatic carbocycles. The topological polar surface area (TPSA) is 72.4 Å². The standard InChI is InChI=1S/C22H25F2N3O3/c1-14(2)19(28)22(23,24)21(29)27-12-9-16(10-13-27)20-25-11-8-18(26-20)15-4-6-17(30-3)7-5-15/h4-8,11,14,16H,9-10,12-13H2,1-3H3. The number of carbonyl (C=O) groups excluding carboxylic acids is 2. The lowest BCUT2D eigenvalue weighted by Gasteiger charge is -2.33. The zero-order valence-electron chi connectivity index (χ0n) is 17.3. The number of hydrogen-bond acceptors (Lipinski definition) is 5. The van der Waals surface area contributed by atoms with Crippen LogP contribution in [0.5, 0.6) is 5.75 Å². The predicted octanol–water partition coefficient (Wildman–Crippen LogP) is 3.72. The Morgan fingerprint density at radius 1 is 1.13 bits per heavy atom. The smallest absolute Gasteiger partial charge is 0.381 e. The van der Waals surface area contributed by atoms with Crippen LogP contribution in [0.2, 0.25) is 0 Å². The van der Waals surface area contributed by atoms with Gasteiger partial charge in [-0.05, 0) is 43.2 Å². The number of likely N-dealkylation sites (tertiary alicyclic amines) is 1. The van der Waals surface area contributed by atoms with E-state index in [0.29, 0.717) is 18.7 Å². The van der Waals surface area contributed by atoms with Crippen LogP contribution in [0.15, 0.2) is 36.5 Å². The zero-order valence-corrected chi connectivity index (χ0v) is 17.3.